The van der Waals surface area contributed by atoms with Gasteiger partial charge in [-0.3, -0.25) is 0 Å². The normalized spacial score (nSPS) is 16.0. The molecule has 0 saturated heterocycles. The number of aromatic nitrogens is 2. The fourth-order valence-electron chi connectivity index (χ4n) is 3.25. The molecule has 0 radical (unpaired) electrons. The summed E-state index contributed by atoms with van der Waals surface area (Å²) < 4.78 is 4.87. The number of methoxy groups -OCH3 is 1. The molecule has 118 valence electrons. The van der Waals surface area contributed by atoms with Crippen LogP contribution in [0, 0.1) is 6.92 Å². The molecule has 2 aromatic heterocycles. The minimum Gasteiger partial charge on any atom is -0.465 e. The van der Waals surface area contributed by atoms with E-state index in [-0.39, 0.29) is 5.97 Å². The fraction of sp³-hybridized carbons (Fsp3) is 0.562. The van der Waals surface area contributed by atoms with Crippen molar-refractivity contribution in [1.29, 1.82) is 0 Å². The van der Waals surface area contributed by atoms with E-state index in [2.05, 4.69) is 21.9 Å². The summed E-state index contributed by atoms with van der Waals surface area (Å²) in [5, 5.41) is 0.987. The van der Waals surface area contributed by atoms with Crippen LogP contribution in [0.15, 0.2) is 6.33 Å². The number of aryl methyl sites for hydroxylation is 1. The number of hydrogen-bond acceptors (Lipinski definition) is 6. The quantitative estimate of drug-likeness (QED) is 0.810. The van der Waals surface area contributed by atoms with Crippen molar-refractivity contribution >= 4 is 33.3 Å². The molecule has 1 saturated carbocycles. The predicted octanol–water partition coefficient (Wildman–Crippen LogP) is 3.56. The molecule has 1 aliphatic rings. The Hall–Kier alpha value is -1.69. The van der Waals surface area contributed by atoms with Crippen molar-refractivity contribution in [2.45, 2.75) is 45.1 Å². The predicted molar refractivity (Wildman–Crippen MR) is 88.8 cm³/mol. The zero-order valence-corrected chi connectivity index (χ0v) is 14.1. The highest BCUT2D eigenvalue weighted by atomic mass is 32.1. The van der Waals surface area contributed by atoms with E-state index in [1.54, 1.807) is 6.33 Å². The van der Waals surface area contributed by atoms with E-state index in [0.717, 1.165) is 21.6 Å². The molecular weight excluding hydrogens is 298 g/mol. The lowest BCUT2D eigenvalue weighted by molar-refractivity contribution is 0.0605. The van der Waals surface area contributed by atoms with E-state index in [0.29, 0.717) is 10.9 Å². The lowest BCUT2D eigenvalue weighted by Crippen LogP contribution is -2.34. The molecule has 3 rings (SSSR count). The van der Waals surface area contributed by atoms with Crippen molar-refractivity contribution in [3.63, 3.8) is 0 Å². The van der Waals surface area contributed by atoms with E-state index in [1.807, 2.05) is 6.92 Å². The average molecular weight is 319 g/mol. The molecule has 2 aromatic rings. The van der Waals surface area contributed by atoms with Crippen LogP contribution in [0.1, 0.15) is 47.3 Å². The molecule has 0 unspecified atom stereocenters. The van der Waals surface area contributed by atoms with Gasteiger partial charge < -0.3 is 9.64 Å². The average Bonchev–Trinajstić information content (AvgIpc) is 2.91. The Bertz CT molecular complexity index is 692. The van der Waals surface area contributed by atoms with Crippen LogP contribution >= 0.6 is 11.3 Å². The van der Waals surface area contributed by atoms with Crippen LogP contribution in [0.3, 0.4) is 0 Å². The number of hydrogen-bond donors (Lipinski definition) is 0. The number of esters is 1. The summed E-state index contributed by atoms with van der Waals surface area (Å²) in [7, 11) is 3.51. The molecule has 0 N–H and O–H groups in total. The Morgan fingerprint density at radius 3 is 2.73 bits per heavy atom. The standard InChI is InChI=1S/C16H21N3O2S/c1-10-12-14(19(2)11-7-5-4-6-8-11)17-9-18-15(12)22-13(10)16(20)21-3/h9,11H,4-8H2,1-3H3. The van der Waals surface area contributed by atoms with Crippen molar-refractivity contribution in [3.8, 4) is 0 Å². The number of rotatable bonds is 3. The fourth-order valence-corrected chi connectivity index (χ4v) is 4.31. The second-order valence-corrected chi connectivity index (χ2v) is 6.83. The summed E-state index contributed by atoms with van der Waals surface area (Å²) in [4.78, 5) is 24.5. The van der Waals surface area contributed by atoms with Gasteiger partial charge in [0.15, 0.2) is 0 Å². The Morgan fingerprint density at radius 1 is 1.32 bits per heavy atom. The summed E-state index contributed by atoms with van der Waals surface area (Å²) in [6.07, 6.45) is 7.88. The first-order chi connectivity index (χ1) is 10.6. The highest BCUT2D eigenvalue weighted by molar-refractivity contribution is 7.20. The third-order valence-electron chi connectivity index (χ3n) is 4.53. The number of nitrogens with zero attached hydrogens (tertiary/aromatic N) is 3. The van der Waals surface area contributed by atoms with Crippen LogP contribution in [0.5, 0.6) is 0 Å². The molecule has 5 nitrogen and oxygen atoms in total. The molecule has 0 amide bonds. The lowest BCUT2D eigenvalue weighted by atomic mass is 9.94. The van der Waals surface area contributed by atoms with E-state index >= 15 is 0 Å². The van der Waals surface area contributed by atoms with Crippen LogP contribution in [0.25, 0.3) is 10.2 Å². The van der Waals surface area contributed by atoms with Gasteiger partial charge in [-0.1, -0.05) is 19.3 Å². The first-order valence-electron chi connectivity index (χ1n) is 7.68. The molecule has 6 heteroatoms. The van der Waals surface area contributed by atoms with Crippen LogP contribution in [0.2, 0.25) is 0 Å². The number of ether oxygens (including phenoxy) is 1. The van der Waals surface area contributed by atoms with Gasteiger partial charge in [-0.25, -0.2) is 14.8 Å². The van der Waals surface area contributed by atoms with Gasteiger partial charge in [0, 0.05) is 13.1 Å². The van der Waals surface area contributed by atoms with E-state index in [4.69, 9.17) is 4.74 Å². The lowest BCUT2D eigenvalue weighted by Gasteiger charge is -2.32. The van der Waals surface area contributed by atoms with Crippen molar-refractivity contribution < 1.29 is 9.53 Å². The van der Waals surface area contributed by atoms with Crippen molar-refractivity contribution in [1.82, 2.24) is 9.97 Å². The first kappa shape index (κ1) is 15.2. The van der Waals surface area contributed by atoms with Crippen LogP contribution in [-0.2, 0) is 4.74 Å². The minimum absolute atomic E-state index is 0.299. The Morgan fingerprint density at radius 2 is 2.05 bits per heavy atom. The monoisotopic (exact) mass is 319 g/mol. The molecule has 22 heavy (non-hydrogen) atoms. The maximum absolute atomic E-state index is 11.9. The Labute approximate surface area is 134 Å². The molecule has 0 bridgehead atoms. The van der Waals surface area contributed by atoms with Gasteiger partial charge in [-0.2, -0.15) is 0 Å². The number of thiophene rings is 1. The zero-order valence-electron chi connectivity index (χ0n) is 13.3. The van der Waals surface area contributed by atoms with Gasteiger partial charge >= 0.3 is 5.97 Å². The molecular formula is C16H21N3O2S. The van der Waals surface area contributed by atoms with Crippen molar-refractivity contribution in [2.24, 2.45) is 0 Å². The minimum atomic E-state index is -0.299. The summed E-state index contributed by atoms with van der Waals surface area (Å²) in [6, 6.07) is 0.521. The molecule has 0 spiro atoms. The SMILES string of the molecule is COC(=O)c1sc2ncnc(N(C)C3CCCCC3)c2c1C. The highest BCUT2D eigenvalue weighted by Gasteiger charge is 2.25. The van der Waals surface area contributed by atoms with Crippen LogP contribution in [0.4, 0.5) is 5.82 Å². The van der Waals surface area contributed by atoms with Gasteiger partial charge in [-0.05, 0) is 25.3 Å². The van der Waals surface area contributed by atoms with Crippen molar-refractivity contribution in [3.05, 3.63) is 16.8 Å². The van der Waals surface area contributed by atoms with Crippen LogP contribution < -0.4 is 4.90 Å². The maximum Gasteiger partial charge on any atom is 0.348 e. The van der Waals surface area contributed by atoms with E-state index in [1.165, 1.54) is 50.6 Å². The molecule has 1 aliphatic carbocycles. The van der Waals surface area contributed by atoms with E-state index in [9.17, 15) is 4.79 Å². The van der Waals surface area contributed by atoms with Gasteiger partial charge in [-0.15, -0.1) is 11.3 Å². The highest BCUT2D eigenvalue weighted by Crippen LogP contribution is 2.36. The smallest absolute Gasteiger partial charge is 0.348 e. The van der Waals surface area contributed by atoms with Gasteiger partial charge in [0.25, 0.3) is 0 Å². The number of fused-ring (bicyclic) bond motifs is 1. The molecule has 0 aromatic carbocycles. The van der Waals surface area contributed by atoms with Crippen molar-refractivity contribution in [2.75, 3.05) is 19.1 Å². The van der Waals surface area contributed by atoms with Gasteiger partial charge in [0.1, 0.15) is 21.9 Å². The second-order valence-electron chi connectivity index (χ2n) is 5.83. The maximum atomic E-state index is 11.9. The Balaban J connectivity index is 2.05. The van der Waals surface area contributed by atoms with Crippen LogP contribution in [-0.4, -0.2) is 36.1 Å². The summed E-state index contributed by atoms with van der Waals surface area (Å²) in [5.74, 6) is 0.632. The van der Waals surface area contributed by atoms with Gasteiger partial charge in [0.2, 0.25) is 0 Å². The molecule has 1 fully saturated rings. The number of carbonyl (C=O) groups is 1. The second kappa shape index (κ2) is 6.20. The summed E-state index contributed by atoms with van der Waals surface area (Å²) in [5.41, 5.74) is 0.921. The number of anilines is 1. The molecule has 0 atom stereocenters. The number of carbonyl (C=O) groups excluding carboxylic acids is 1. The first-order valence-corrected chi connectivity index (χ1v) is 8.50. The third-order valence-corrected chi connectivity index (χ3v) is 5.71. The largest absolute Gasteiger partial charge is 0.465 e. The molecule has 2 heterocycles. The summed E-state index contributed by atoms with van der Waals surface area (Å²) >= 11 is 1.38. The molecule has 0 aliphatic heterocycles. The zero-order chi connectivity index (χ0) is 15.7. The van der Waals surface area contributed by atoms with E-state index < -0.39 is 0 Å². The topological polar surface area (TPSA) is 55.3 Å². The van der Waals surface area contributed by atoms with Gasteiger partial charge in [0.05, 0.1) is 12.5 Å². The Kier molecular flexibility index (Phi) is 4.29. The third kappa shape index (κ3) is 2.56. The summed E-state index contributed by atoms with van der Waals surface area (Å²) in [6.45, 7) is 1.95.